The van der Waals surface area contributed by atoms with Gasteiger partial charge in [0.15, 0.2) is 11.5 Å². The van der Waals surface area contributed by atoms with Crippen LogP contribution in [0.15, 0.2) is 35.8 Å². The molecule has 0 aromatic carbocycles. The lowest BCUT2D eigenvalue weighted by Gasteiger charge is -2.31. The number of nitrogens with zero attached hydrogens (tertiary/aromatic N) is 8. The van der Waals surface area contributed by atoms with Gasteiger partial charge in [0.1, 0.15) is 16.9 Å². The zero-order chi connectivity index (χ0) is 22.4. The summed E-state index contributed by atoms with van der Waals surface area (Å²) in [6, 6.07) is 2.20. The first-order valence-electron chi connectivity index (χ1n) is 11.2. The molecule has 0 atom stereocenters. The number of rotatable bonds is 5. The van der Waals surface area contributed by atoms with Gasteiger partial charge < -0.3 is 11.1 Å². The first kappa shape index (κ1) is 19.9. The van der Waals surface area contributed by atoms with Crippen LogP contribution in [0.4, 0.5) is 11.5 Å². The molecule has 6 rings (SSSR count). The van der Waals surface area contributed by atoms with Crippen molar-refractivity contribution in [3.05, 3.63) is 42.1 Å². The van der Waals surface area contributed by atoms with Gasteiger partial charge in [-0.25, -0.2) is 14.9 Å². The zero-order valence-electron chi connectivity index (χ0n) is 18.1. The number of anilines is 2. The monoisotopic (exact) mass is 447 g/mol. The first-order chi connectivity index (χ1) is 16.2. The van der Waals surface area contributed by atoms with Crippen molar-refractivity contribution in [1.82, 2.24) is 39.9 Å². The van der Waals surface area contributed by atoms with E-state index in [0.29, 0.717) is 41.0 Å². The minimum atomic E-state index is -0.335. The summed E-state index contributed by atoms with van der Waals surface area (Å²) >= 11 is 0. The van der Waals surface area contributed by atoms with E-state index in [-0.39, 0.29) is 5.91 Å². The van der Waals surface area contributed by atoms with E-state index in [9.17, 15) is 4.79 Å². The molecule has 1 aliphatic carbocycles. The number of aromatic nitrogens is 5. The van der Waals surface area contributed by atoms with Crippen molar-refractivity contribution in [1.29, 1.82) is 0 Å². The number of carbonyl (C=O) groups excluding carboxylic acids is 1. The number of hydrazine groups is 2. The largest absolute Gasteiger partial charge is 0.380 e. The molecular formula is C21H25N11O. The topological polar surface area (TPSA) is 134 Å². The molecule has 12 heteroatoms. The summed E-state index contributed by atoms with van der Waals surface area (Å²) in [6.45, 7) is 2.59. The van der Waals surface area contributed by atoms with Gasteiger partial charge in [-0.2, -0.15) is 15.3 Å². The molecule has 170 valence electrons. The SMILES string of the molecule is Nc1nn(C2CCC2)cc1NC(=O)c1cnn2ccc(C3=CN(N4CCCN4)CC=N3)nc12. The second-order valence-corrected chi connectivity index (χ2v) is 8.42. The van der Waals surface area contributed by atoms with E-state index in [1.54, 1.807) is 16.9 Å². The van der Waals surface area contributed by atoms with Crippen LogP contribution in [-0.2, 0) is 0 Å². The van der Waals surface area contributed by atoms with Gasteiger partial charge >= 0.3 is 0 Å². The van der Waals surface area contributed by atoms with E-state index in [1.165, 1.54) is 12.6 Å². The van der Waals surface area contributed by atoms with E-state index in [0.717, 1.165) is 38.0 Å². The molecule has 0 unspecified atom stereocenters. The third-order valence-corrected chi connectivity index (χ3v) is 6.26. The Bertz CT molecular complexity index is 1260. The van der Waals surface area contributed by atoms with Gasteiger partial charge in [-0.1, -0.05) is 0 Å². The molecule has 33 heavy (non-hydrogen) atoms. The van der Waals surface area contributed by atoms with E-state index >= 15 is 0 Å². The summed E-state index contributed by atoms with van der Waals surface area (Å²) in [5.41, 5.74) is 12.1. The van der Waals surface area contributed by atoms with E-state index in [2.05, 4.69) is 36.1 Å². The van der Waals surface area contributed by atoms with Gasteiger partial charge in [-0.15, -0.1) is 0 Å². The molecule has 0 radical (unpaired) electrons. The predicted molar refractivity (Wildman–Crippen MR) is 123 cm³/mol. The normalized spacial score (nSPS) is 19.2. The first-order valence-corrected chi connectivity index (χ1v) is 11.2. The molecular weight excluding hydrogens is 422 g/mol. The maximum absolute atomic E-state index is 13.1. The maximum atomic E-state index is 13.1. The van der Waals surface area contributed by atoms with E-state index in [4.69, 9.17) is 10.7 Å². The van der Waals surface area contributed by atoms with Crippen LogP contribution in [0.5, 0.6) is 0 Å². The van der Waals surface area contributed by atoms with E-state index < -0.39 is 0 Å². The van der Waals surface area contributed by atoms with Crippen LogP contribution in [0.3, 0.4) is 0 Å². The standard InChI is InChI=1S/C21H25N11O/c22-19-18(13-31(28-19)14-3-1-4-14)27-21(33)15-11-25-30-9-5-16(26-20(15)30)17-12-29(10-7-23-17)32-8-2-6-24-32/h5,7,9,11-14,24H,1-4,6,8,10H2,(H2,22,28)(H,27,33). The highest BCUT2D eigenvalue weighted by Gasteiger charge is 2.24. The number of fused-ring (bicyclic) bond motifs is 1. The van der Waals surface area contributed by atoms with Gasteiger partial charge in [-0.05, 0) is 31.7 Å². The number of nitrogens with two attached hydrogens (primary N) is 1. The average molecular weight is 448 g/mol. The third kappa shape index (κ3) is 3.62. The highest BCUT2D eigenvalue weighted by atomic mass is 16.1. The molecule has 0 spiro atoms. The van der Waals surface area contributed by atoms with Crippen molar-refractivity contribution in [3.8, 4) is 0 Å². The van der Waals surface area contributed by atoms with Crippen molar-refractivity contribution in [2.75, 3.05) is 30.7 Å². The highest BCUT2D eigenvalue weighted by molar-refractivity contribution is 6.09. The predicted octanol–water partition coefficient (Wildman–Crippen LogP) is 1.30. The van der Waals surface area contributed by atoms with Gasteiger partial charge in [0, 0.05) is 31.7 Å². The molecule has 1 saturated carbocycles. The fraction of sp³-hybridized carbons (Fsp3) is 0.381. The Labute approximate surface area is 189 Å². The van der Waals surface area contributed by atoms with Gasteiger partial charge in [0.25, 0.3) is 5.91 Å². The Morgan fingerprint density at radius 2 is 2.18 bits per heavy atom. The lowest BCUT2D eigenvalue weighted by atomic mass is 9.93. The van der Waals surface area contributed by atoms with Gasteiger partial charge in [0.2, 0.25) is 0 Å². The van der Waals surface area contributed by atoms with Crippen molar-refractivity contribution in [3.63, 3.8) is 0 Å². The number of amides is 1. The molecule has 1 amide bonds. The summed E-state index contributed by atoms with van der Waals surface area (Å²) in [5, 5.41) is 15.6. The van der Waals surface area contributed by atoms with Crippen LogP contribution < -0.4 is 16.5 Å². The molecule has 2 aliphatic heterocycles. The zero-order valence-corrected chi connectivity index (χ0v) is 18.1. The van der Waals surface area contributed by atoms with E-state index in [1.807, 2.05) is 23.2 Å². The minimum absolute atomic E-state index is 0.303. The van der Waals surface area contributed by atoms with Crippen LogP contribution in [0.2, 0.25) is 0 Å². The summed E-state index contributed by atoms with van der Waals surface area (Å²) in [5.74, 6) is -0.0313. The van der Waals surface area contributed by atoms with Crippen LogP contribution >= 0.6 is 0 Å². The van der Waals surface area contributed by atoms with Crippen molar-refractivity contribution >= 4 is 35.0 Å². The summed E-state index contributed by atoms with van der Waals surface area (Å²) in [7, 11) is 0. The molecule has 12 nitrogen and oxygen atoms in total. The van der Waals surface area contributed by atoms with Crippen molar-refractivity contribution in [2.45, 2.75) is 31.7 Å². The summed E-state index contributed by atoms with van der Waals surface area (Å²) < 4.78 is 3.42. The molecule has 1 saturated heterocycles. The quantitative estimate of drug-likeness (QED) is 0.533. The van der Waals surface area contributed by atoms with Crippen LogP contribution in [-0.4, -0.2) is 66.3 Å². The number of aliphatic imine (C=N–C) groups is 1. The maximum Gasteiger partial charge on any atom is 0.261 e. The van der Waals surface area contributed by atoms with Crippen LogP contribution in [0.1, 0.15) is 47.8 Å². The minimum Gasteiger partial charge on any atom is -0.380 e. The number of hydrogen-bond acceptors (Lipinski definition) is 9. The van der Waals surface area contributed by atoms with Gasteiger partial charge in [0.05, 0.1) is 30.7 Å². The highest BCUT2D eigenvalue weighted by Crippen LogP contribution is 2.33. The summed E-state index contributed by atoms with van der Waals surface area (Å²) in [4.78, 5) is 22.3. The van der Waals surface area contributed by atoms with Crippen LogP contribution in [0, 0.1) is 0 Å². The molecule has 3 aliphatic rings. The lowest BCUT2D eigenvalue weighted by molar-refractivity contribution is 0.0155. The number of carbonyl (C=O) groups is 1. The fourth-order valence-corrected chi connectivity index (χ4v) is 4.19. The number of nitrogens with one attached hydrogen (secondary N) is 2. The smallest absolute Gasteiger partial charge is 0.261 e. The Hall–Kier alpha value is -3.77. The molecule has 4 N–H and O–H groups in total. The average Bonchev–Trinajstić information content (AvgIpc) is 3.53. The Kier molecular flexibility index (Phi) is 4.80. The third-order valence-electron chi connectivity index (χ3n) is 6.26. The second kappa shape index (κ2) is 7.98. The fourth-order valence-electron chi connectivity index (χ4n) is 4.19. The molecule has 5 heterocycles. The molecule has 3 aromatic heterocycles. The second-order valence-electron chi connectivity index (χ2n) is 8.42. The van der Waals surface area contributed by atoms with Crippen molar-refractivity contribution < 1.29 is 4.79 Å². The number of hydrogen-bond donors (Lipinski definition) is 3. The molecule has 3 aromatic rings. The van der Waals surface area contributed by atoms with Crippen molar-refractivity contribution in [2.24, 2.45) is 4.99 Å². The Balaban J connectivity index is 1.26. The summed E-state index contributed by atoms with van der Waals surface area (Å²) in [6.07, 6.45) is 13.3. The molecule has 2 fully saturated rings. The van der Waals surface area contributed by atoms with Crippen LogP contribution in [0.25, 0.3) is 11.3 Å². The lowest BCUT2D eigenvalue weighted by Crippen LogP contribution is -2.45. The Morgan fingerprint density at radius 1 is 1.27 bits per heavy atom. The number of nitrogen functional groups attached to an aromatic ring is 1. The van der Waals surface area contributed by atoms with Gasteiger partial charge in [-0.3, -0.25) is 19.5 Å². The molecule has 0 bridgehead atoms. The Morgan fingerprint density at radius 3 is 2.97 bits per heavy atom.